The first-order valence-electron chi connectivity index (χ1n) is 5.52. The van der Waals surface area contributed by atoms with Crippen molar-refractivity contribution in [2.45, 2.75) is 6.92 Å². The Labute approximate surface area is 120 Å². The van der Waals surface area contributed by atoms with E-state index in [1.807, 2.05) is 53.4 Å². The van der Waals surface area contributed by atoms with Gasteiger partial charge in [0, 0.05) is 23.3 Å². The van der Waals surface area contributed by atoms with E-state index < -0.39 is 0 Å². The van der Waals surface area contributed by atoms with Crippen molar-refractivity contribution in [3.05, 3.63) is 42.0 Å². The first kappa shape index (κ1) is 13.1. The van der Waals surface area contributed by atoms with Crippen molar-refractivity contribution in [3.8, 4) is 17.0 Å². The lowest BCUT2D eigenvalue weighted by Gasteiger charge is -2.02. The number of rotatable bonds is 3. The minimum atomic E-state index is 0. The summed E-state index contributed by atoms with van der Waals surface area (Å²) in [7, 11) is 0. The molecule has 0 aliphatic rings. The standard InChI is InChI=1S/C13H12N2OS.BrH/c1-2-16-11-5-3-10(4-6-11)12-9-15-7-8-17-13(15)14-12;/h3-9H,2H2,1H3;1H/p-1. The molecule has 0 saturated heterocycles. The van der Waals surface area contributed by atoms with E-state index in [0.717, 1.165) is 22.0 Å². The van der Waals surface area contributed by atoms with Crippen LogP contribution in [0, 0.1) is 0 Å². The smallest absolute Gasteiger partial charge is 0.194 e. The van der Waals surface area contributed by atoms with Crippen molar-refractivity contribution in [2.24, 2.45) is 0 Å². The number of ether oxygens (including phenoxy) is 1. The van der Waals surface area contributed by atoms with Gasteiger partial charge >= 0.3 is 0 Å². The summed E-state index contributed by atoms with van der Waals surface area (Å²) in [6.45, 7) is 2.68. The van der Waals surface area contributed by atoms with Gasteiger partial charge in [0.25, 0.3) is 0 Å². The fraction of sp³-hybridized carbons (Fsp3) is 0.154. The van der Waals surface area contributed by atoms with Crippen LogP contribution in [0.1, 0.15) is 6.92 Å². The van der Waals surface area contributed by atoms with Gasteiger partial charge < -0.3 is 21.7 Å². The molecule has 0 saturated carbocycles. The molecule has 0 aliphatic carbocycles. The molecule has 18 heavy (non-hydrogen) atoms. The highest BCUT2D eigenvalue weighted by molar-refractivity contribution is 7.15. The highest BCUT2D eigenvalue weighted by Gasteiger charge is 2.04. The Hall–Kier alpha value is -1.33. The predicted octanol–water partition coefficient (Wildman–Crippen LogP) is 0.465. The van der Waals surface area contributed by atoms with Gasteiger partial charge in [-0.25, -0.2) is 4.98 Å². The number of imidazole rings is 1. The van der Waals surface area contributed by atoms with E-state index in [0.29, 0.717) is 6.61 Å². The van der Waals surface area contributed by atoms with Gasteiger partial charge in [0.2, 0.25) is 0 Å². The van der Waals surface area contributed by atoms with E-state index in [2.05, 4.69) is 4.98 Å². The zero-order valence-corrected chi connectivity index (χ0v) is 12.2. The average molecular weight is 324 g/mol. The molecule has 3 rings (SSSR count). The fourth-order valence-electron chi connectivity index (χ4n) is 1.76. The molecule has 2 heterocycles. The molecule has 0 radical (unpaired) electrons. The van der Waals surface area contributed by atoms with Crippen molar-refractivity contribution in [3.63, 3.8) is 0 Å². The van der Waals surface area contributed by atoms with Gasteiger partial charge in [0.15, 0.2) is 4.96 Å². The van der Waals surface area contributed by atoms with Crippen LogP contribution < -0.4 is 21.7 Å². The van der Waals surface area contributed by atoms with Crippen LogP contribution in [-0.4, -0.2) is 16.0 Å². The number of hydrogen-bond acceptors (Lipinski definition) is 3. The van der Waals surface area contributed by atoms with Gasteiger partial charge in [0.1, 0.15) is 5.75 Å². The van der Waals surface area contributed by atoms with Gasteiger partial charge in [-0.05, 0) is 31.2 Å². The van der Waals surface area contributed by atoms with Crippen LogP contribution in [0.15, 0.2) is 42.0 Å². The first-order chi connectivity index (χ1) is 8.36. The summed E-state index contributed by atoms with van der Waals surface area (Å²) in [5, 5.41) is 2.03. The maximum absolute atomic E-state index is 5.42. The second-order valence-corrected chi connectivity index (χ2v) is 4.55. The molecule has 1 aromatic carbocycles. The molecule has 3 nitrogen and oxygen atoms in total. The second-order valence-electron chi connectivity index (χ2n) is 3.68. The Morgan fingerprint density at radius 2 is 2.06 bits per heavy atom. The minimum absolute atomic E-state index is 0. The lowest BCUT2D eigenvalue weighted by molar-refractivity contribution is -0.00000396. The number of hydrogen-bond donors (Lipinski definition) is 0. The molecule has 0 atom stereocenters. The number of benzene rings is 1. The molecular weight excluding hydrogens is 312 g/mol. The quantitative estimate of drug-likeness (QED) is 0.700. The third kappa shape index (κ3) is 2.42. The van der Waals surface area contributed by atoms with Gasteiger partial charge in [-0.1, -0.05) is 0 Å². The summed E-state index contributed by atoms with van der Waals surface area (Å²) >= 11 is 1.64. The lowest BCUT2D eigenvalue weighted by Crippen LogP contribution is -3.00. The summed E-state index contributed by atoms with van der Waals surface area (Å²) in [6.07, 6.45) is 4.06. The number of halogens is 1. The van der Waals surface area contributed by atoms with Gasteiger partial charge in [0.05, 0.1) is 12.3 Å². The monoisotopic (exact) mass is 323 g/mol. The third-order valence-corrected chi connectivity index (χ3v) is 3.33. The maximum Gasteiger partial charge on any atom is 0.194 e. The molecule has 5 heteroatoms. The molecule has 0 aliphatic heterocycles. The summed E-state index contributed by atoms with van der Waals surface area (Å²) < 4.78 is 7.46. The molecular formula is C13H12BrN2OS-. The predicted molar refractivity (Wildman–Crippen MR) is 69.7 cm³/mol. The van der Waals surface area contributed by atoms with Gasteiger partial charge in [-0.3, -0.25) is 4.40 Å². The van der Waals surface area contributed by atoms with Gasteiger partial charge in [-0.15, -0.1) is 11.3 Å². The molecule has 0 N–H and O–H groups in total. The Balaban J connectivity index is 0.00000120. The highest BCUT2D eigenvalue weighted by Crippen LogP contribution is 2.23. The average Bonchev–Trinajstić information content (AvgIpc) is 2.90. The summed E-state index contributed by atoms with van der Waals surface area (Å²) in [5.41, 5.74) is 2.12. The normalized spacial score (nSPS) is 10.3. The molecule has 0 unspecified atom stereocenters. The molecule has 0 fully saturated rings. The van der Waals surface area contributed by atoms with Crippen molar-refractivity contribution in [2.75, 3.05) is 6.61 Å². The molecule has 2 aromatic heterocycles. The number of thiazole rings is 1. The molecule has 3 aromatic rings. The summed E-state index contributed by atoms with van der Waals surface area (Å²) in [4.78, 5) is 5.58. The van der Waals surface area contributed by atoms with Crippen LogP contribution in [0.25, 0.3) is 16.2 Å². The van der Waals surface area contributed by atoms with Crippen molar-refractivity contribution >= 4 is 16.3 Å². The van der Waals surface area contributed by atoms with Crippen molar-refractivity contribution in [1.29, 1.82) is 0 Å². The first-order valence-corrected chi connectivity index (χ1v) is 6.40. The summed E-state index contributed by atoms with van der Waals surface area (Å²) in [6, 6.07) is 8.04. The minimum Gasteiger partial charge on any atom is -1.00 e. The van der Waals surface area contributed by atoms with Crippen LogP contribution in [-0.2, 0) is 0 Å². The van der Waals surface area contributed by atoms with Crippen molar-refractivity contribution in [1.82, 2.24) is 9.38 Å². The second kappa shape index (κ2) is 5.54. The van der Waals surface area contributed by atoms with Crippen LogP contribution in [0.3, 0.4) is 0 Å². The Morgan fingerprint density at radius 1 is 1.28 bits per heavy atom. The Morgan fingerprint density at radius 3 is 2.72 bits per heavy atom. The van der Waals surface area contributed by atoms with Crippen LogP contribution in [0.5, 0.6) is 5.75 Å². The van der Waals surface area contributed by atoms with E-state index in [4.69, 9.17) is 4.74 Å². The zero-order chi connectivity index (χ0) is 11.7. The number of nitrogens with zero attached hydrogens (tertiary/aromatic N) is 2. The maximum atomic E-state index is 5.42. The van der Waals surface area contributed by atoms with E-state index in [9.17, 15) is 0 Å². The number of aromatic nitrogens is 2. The highest BCUT2D eigenvalue weighted by atomic mass is 79.9. The van der Waals surface area contributed by atoms with E-state index >= 15 is 0 Å². The fourth-order valence-corrected chi connectivity index (χ4v) is 2.46. The van der Waals surface area contributed by atoms with Gasteiger partial charge in [-0.2, -0.15) is 0 Å². The molecule has 0 bridgehead atoms. The van der Waals surface area contributed by atoms with Crippen LogP contribution in [0.4, 0.5) is 0 Å². The molecule has 0 spiro atoms. The topological polar surface area (TPSA) is 26.5 Å². The SMILES string of the molecule is CCOc1ccc(-c2cn3ccsc3n2)cc1.[Br-]. The Kier molecular flexibility index (Phi) is 4.04. The zero-order valence-electron chi connectivity index (χ0n) is 9.84. The summed E-state index contributed by atoms with van der Waals surface area (Å²) in [5.74, 6) is 0.900. The Bertz CT molecular complexity index is 601. The van der Waals surface area contributed by atoms with E-state index in [1.165, 1.54) is 0 Å². The molecule has 94 valence electrons. The van der Waals surface area contributed by atoms with Crippen molar-refractivity contribution < 1.29 is 21.7 Å². The third-order valence-electron chi connectivity index (χ3n) is 2.55. The van der Waals surface area contributed by atoms with Crippen LogP contribution in [0.2, 0.25) is 0 Å². The lowest BCUT2D eigenvalue weighted by atomic mass is 10.2. The van der Waals surface area contributed by atoms with E-state index in [-0.39, 0.29) is 17.0 Å². The molecule has 0 amide bonds. The van der Waals surface area contributed by atoms with E-state index in [1.54, 1.807) is 11.3 Å². The number of fused-ring (bicyclic) bond motifs is 1. The van der Waals surface area contributed by atoms with Crippen LogP contribution >= 0.6 is 11.3 Å². The largest absolute Gasteiger partial charge is 1.00 e.